The molecule has 0 unspecified atom stereocenters. The molecule has 0 aliphatic carbocycles. The molecule has 0 heterocycles. The molecule has 0 bridgehead atoms. The number of halogens is 2. The van der Waals surface area contributed by atoms with Crippen LogP contribution in [0.2, 0.25) is 5.02 Å². The Labute approximate surface area is 91.4 Å². The summed E-state index contributed by atoms with van der Waals surface area (Å²) >= 11 is 9.06. The van der Waals surface area contributed by atoms with Crippen LogP contribution in [0.5, 0.6) is 0 Å². The standard InChI is InChI=1S/C10H9BrClN/c11-6-2-1-3-8-4-5-9(12)10(13)7-8/h4-5,7H,2,6,13H2. The van der Waals surface area contributed by atoms with Crippen LogP contribution in [0.3, 0.4) is 0 Å². The van der Waals surface area contributed by atoms with Crippen molar-refractivity contribution in [2.24, 2.45) is 0 Å². The van der Waals surface area contributed by atoms with Crippen molar-refractivity contribution in [1.82, 2.24) is 0 Å². The minimum Gasteiger partial charge on any atom is -0.397 e. The fourth-order valence-electron chi connectivity index (χ4n) is 0.833. The molecule has 3 heteroatoms. The summed E-state index contributed by atoms with van der Waals surface area (Å²) in [6.07, 6.45) is 0.836. The number of alkyl halides is 1. The van der Waals surface area contributed by atoms with Crippen LogP contribution in [0.25, 0.3) is 0 Å². The molecule has 0 saturated carbocycles. The third-order valence-electron chi connectivity index (χ3n) is 1.45. The molecule has 13 heavy (non-hydrogen) atoms. The molecule has 0 aliphatic heterocycles. The van der Waals surface area contributed by atoms with Gasteiger partial charge in [0.15, 0.2) is 0 Å². The summed E-state index contributed by atoms with van der Waals surface area (Å²) in [5.41, 5.74) is 7.10. The van der Waals surface area contributed by atoms with Crippen molar-refractivity contribution in [1.29, 1.82) is 0 Å². The van der Waals surface area contributed by atoms with Gasteiger partial charge in [-0.1, -0.05) is 39.4 Å². The number of nitrogens with two attached hydrogens (primary N) is 1. The van der Waals surface area contributed by atoms with Crippen LogP contribution >= 0.6 is 27.5 Å². The molecule has 0 aromatic heterocycles. The molecule has 0 fully saturated rings. The fourth-order valence-corrected chi connectivity index (χ4v) is 1.15. The minimum absolute atomic E-state index is 0.575. The first-order chi connectivity index (χ1) is 6.24. The van der Waals surface area contributed by atoms with E-state index in [-0.39, 0.29) is 0 Å². The maximum absolute atomic E-state index is 5.76. The number of benzene rings is 1. The lowest BCUT2D eigenvalue weighted by molar-refractivity contribution is 1.32. The van der Waals surface area contributed by atoms with Gasteiger partial charge in [-0.3, -0.25) is 0 Å². The molecule has 1 aromatic carbocycles. The second-order valence-corrected chi connectivity index (χ2v) is 3.68. The summed E-state index contributed by atoms with van der Waals surface area (Å²) in [4.78, 5) is 0. The molecule has 1 aromatic rings. The molecule has 1 nitrogen and oxygen atoms in total. The quantitative estimate of drug-likeness (QED) is 0.468. The summed E-state index contributed by atoms with van der Waals surface area (Å²) in [6.45, 7) is 0. The van der Waals surface area contributed by atoms with Gasteiger partial charge in [-0.25, -0.2) is 0 Å². The van der Waals surface area contributed by atoms with Crippen LogP contribution in [-0.4, -0.2) is 5.33 Å². The zero-order valence-electron chi connectivity index (χ0n) is 6.98. The highest BCUT2D eigenvalue weighted by Crippen LogP contribution is 2.18. The SMILES string of the molecule is Nc1cc(C#CCCBr)ccc1Cl. The smallest absolute Gasteiger partial charge is 0.0636 e. The van der Waals surface area contributed by atoms with Crippen molar-refractivity contribution in [3.05, 3.63) is 28.8 Å². The van der Waals surface area contributed by atoms with Crippen molar-refractivity contribution in [2.75, 3.05) is 11.1 Å². The summed E-state index contributed by atoms with van der Waals surface area (Å²) in [7, 11) is 0. The van der Waals surface area contributed by atoms with Crippen LogP contribution in [0.4, 0.5) is 5.69 Å². The topological polar surface area (TPSA) is 26.0 Å². The lowest BCUT2D eigenvalue weighted by atomic mass is 10.2. The fraction of sp³-hybridized carbons (Fsp3) is 0.200. The zero-order chi connectivity index (χ0) is 9.68. The second kappa shape index (κ2) is 5.16. The number of nitrogen functional groups attached to an aromatic ring is 1. The molecule has 2 N–H and O–H groups in total. The van der Waals surface area contributed by atoms with E-state index in [0.717, 1.165) is 17.3 Å². The van der Waals surface area contributed by atoms with Gasteiger partial charge >= 0.3 is 0 Å². The molecule has 0 saturated heterocycles. The number of anilines is 1. The van der Waals surface area contributed by atoms with E-state index >= 15 is 0 Å². The monoisotopic (exact) mass is 257 g/mol. The zero-order valence-corrected chi connectivity index (χ0v) is 9.32. The van der Waals surface area contributed by atoms with Crippen molar-refractivity contribution < 1.29 is 0 Å². The van der Waals surface area contributed by atoms with Crippen LogP contribution in [-0.2, 0) is 0 Å². The maximum atomic E-state index is 5.76. The lowest BCUT2D eigenvalue weighted by Gasteiger charge is -1.96. The Morgan fingerprint density at radius 2 is 2.23 bits per heavy atom. The van der Waals surface area contributed by atoms with Gasteiger partial charge in [0.2, 0.25) is 0 Å². The average Bonchev–Trinajstić information content (AvgIpc) is 2.12. The predicted octanol–water partition coefficient (Wildman–Crippen LogP) is 3.06. The summed E-state index contributed by atoms with van der Waals surface area (Å²) in [5, 5.41) is 1.47. The Kier molecular flexibility index (Phi) is 4.14. The van der Waals surface area contributed by atoms with Gasteiger partial charge in [0, 0.05) is 17.3 Å². The van der Waals surface area contributed by atoms with E-state index < -0.39 is 0 Å². The first-order valence-corrected chi connectivity index (χ1v) is 5.34. The van der Waals surface area contributed by atoms with E-state index in [9.17, 15) is 0 Å². The van der Waals surface area contributed by atoms with Crippen LogP contribution in [0.1, 0.15) is 12.0 Å². The Balaban J connectivity index is 2.81. The number of hydrogen-bond donors (Lipinski definition) is 1. The normalized spacial score (nSPS) is 9.08. The highest BCUT2D eigenvalue weighted by Gasteiger charge is 1.94. The minimum atomic E-state index is 0.575. The molecule has 0 radical (unpaired) electrons. The van der Waals surface area contributed by atoms with E-state index in [0.29, 0.717) is 10.7 Å². The van der Waals surface area contributed by atoms with E-state index in [1.807, 2.05) is 6.07 Å². The Morgan fingerprint density at radius 3 is 2.85 bits per heavy atom. The molecule has 0 spiro atoms. The molecule has 1 rings (SSSR count). The van der Waals surface area contributed by atoms with Crippen molar-refractivity contribution >= 4 is 33.2 Å². The molecule has 0 aliphatic rings. The van der Waals surface area contributed by atoms with Gasteiger partial charge in [-0.05, 0) is 18.2 Å². The van der Waals surface area contributed by atoms with Crippen molar-refractivity contribution in [3.63, 3.8) is 0 Å². The predicted molar refractivity (Wildman–Crippen MR) is 61.2 cm³/mol. The Morgan fingerprint density at radius 1 is 1.46 bits per heavy atom. The summed E-state index contributed by atoms with van der Waals surface area (Å²) in [6, 6.07) is 5.40. The lowest BCUT2D eigenvalue weighted by Crippen LogP contribution is -1.86. The van der Waals surface area contributed by atoms with Crippen LogP contribution < -0.4 is 5.73 Å². The molecular weight excluding hydrogens is 249 g/mol. The number of hydrogen-bond acceptors (Lipinski definition) is 1. The summed E-state index contributed by atoms with van der Waals surface area (Å²) < 4.78 is 0. The van der Waals surface area contributed by atoms with Gasteiger partial charge in [0.1, 0.15) is 0 Å². The molecule has 0 atom stereocenters. The summed E-state index contributed by atoms with van der Waals surface area (Å²) in [5.74, 6) is 6.00. The number of rotatable bonds is 1. The third kappa shape index (κ3) is 3.30. The van der Waals surface area contributed by atoms with E-state index in [2.05, 4.69) is 27.8 Å². The van der Waals surface area contributed by atoms with Crippen LogP contribution in [0.15, 0.2) is 18.2 Å². The van der Waals surface area contributed by atoms with E-state index in [1.165, 1.54) is 0 Å². The Bertz CT molecular complexity index is 352. The first kappa shape index (κ1) is 10.4. The molecule has 68 valence electrons. The van der Waals surface area contributed by atoms with Gasteiger partial charge in [-0.15, -0.1) is 0 Å². The largest absolute Gasteiger partial charge is 0.397 e. The van der Waals surface area contributed by atoms with Crippen molar-refractivity contribution in [2.45, 2.75) is 6.42 Å². The van der Waals surface area contributed by atoms with Gasteiger partial charge in [-0.2, -0.15) is 0 Å². The van der Waals surface area contributed by atoms with E-state index in [4.69, 9.17) is 17.3 Å². The van der Waals surface area contributed by atoms with Gasteiger partial charge in [0.25, 0.3) is 0 Å². The maximum Gasteiger partial charge on any atom is 0.0636 e. The molecular formula is C10H9BrClN. The highest BCUT2D eigenvalue weighted by molar-refractivity contribution is 9.09. The average molecular weight is 259 g/mol. The first-order valence-electron chi connectivity index (χ1n) is 3.84. The van der Waals surface area contributed by atoms with Gasteiger partial charge in [0.05, 0.1) is 10.7 Å². The van der Waals surface area contributed by atoms with Crippen molar-refractivity contribution in [3.8, 4) is 11.8 Å². The molecule has 0 amide bonds. The highest BCUT2D eigenvalue weighted by atomic mass is 79.9. The van der Waals surface area contributed by atoms with Gasteiger partial charge < -0.3 is 5.73 Å². The van der Waals surface area contributed by atoms with E-state index in [1.54, 1.807) is 12.1 Å². The third-order valence-corrected chi connectivity index (χ3v) is 2.19. The second-order valence-electron chi connectivity index (χ2n) is 2.48. The van der Waals surface area contributed by atoms with Crippen LogP contribution in [0, 0.1) is 11.8 Å². The Hall–Kier alpha value is -0.650.